The number of carbonyl (C=O) groups excluding carboxylic acids is 3. The number of hydrogen-bond donors (Lipinski definition) is 2. The molecule has 3 amide bonds. The monoisotopic (exact) mass is 408 g/mol. The number of ether oxygens (including phenoxy) is 2. The quantitative estimate of drug-likeness (QED) is 0.641. The molecule has 1 atom stereocenters. The van der Waals surface area contributed by atoms with Crippen molar-refractivity contribution in [3.05, 3.63) is 11.3 Å². The molecule has 2 fully saturated rings. The molecule has 3 N–H and O–H groups in total. The second-order valence-corrected chi connectivity index (χ2v) is 8.21. The zero-order valence-electron chi connectivity index (χ0n) is 17.4. The van der Waals surface area contributed by atoms with Gasteiger partial charge in [-0.15, -0.1) is 0 Å². The Labute approximate surface area is 171 Å². The molecule has 29 heavy (non-hydrogen) atoms. The van der Waals surface area contributed by atoms with Crippen molar-refractivity contribution in [2.45, 2.75) is 38.2 Å². The average molecular weight is 408 g/mol. The number of piperidine rings is 1. The summed E-state index contributed by atoms with van der Waals surface area (Å²) in [6.45, 7) is 5.76. The van der Waals surface area contributed by atoms with E-state index in [9.17, 15) is 14.4 Å². The molecule has 0 aliphatic carbocycles. The highest BCUT2D eigenvalue weighted by Crippen LogP contribution is 2.36. The summed E-state index contributed by atoms with van der Waals surface area (Å²) in [7, 11) is 1.60. The molecule has 2 saturated heterocycles. The summed E-state index contributed by atoms with van der Waals surface area (Å²) in [5, 5.41) is 2.64. The van der Waals surface area contributed by atoms with E-state index in [4.69, 9.17) is 15.2 Å². The van der Waals surface area contributed by atoms with Crippen LogP contribution >= 0.6 is 0 Å². The first kappa shape index (κ1) is 21.6. The molecule has 0 aromatic carbocycles. The van der Waals surface area contributed by atoms with E-state index < -0.39 is 5.60 Å². The van der Waals surface area contributed by atoms with E-state index in [-0.39, 0.29) is 23.6 Å². The van der Waals surface area contributed by atoms with Crippen LogP contribution in [0.1, 0.15) is 32.6 Å². The second kappa shape index (κ2) is 9.13. The molecule has 1 spiro atoms. The molecular weight excluding hydrogens is 376 g/mol. The Bertz CT molecular complexity index is 686. The van der Waals surface area contributed by atoms with Crippen LogP contribution in [0.15, 0.2) is 11.3 Å². The van der Waals surface area contributed by atoms with Gasteiger partial charge in [-0.25, -0.2) is 0 Å². The van der Waals surface area contributed by atoms with Gasteiger partial charge in [0.2, 0.25) is 17.7 Å². The number of nitrogens with zero attached hydrogens (tertiary/aromatic N) is 2. The Morgan fingerprint density at radius 1 is 1.24 bits per heavy atom. The molecular formula is C20H32N4O5. The number of rotatable bonds is 5. The number of hydrogen-bond acceptors (Lipinski definition) is 6. The number of likely N-dealkylation sites (tertiary alicyclic amines) is 1. The summed E-state index contributed by atoms with van der Waals surface area (Å²) >= 11 is 0. The van der Waals surface area contributed by atoms with E-state index in [0.717, 1.165) is 25.9 Å². The average Bonchev–Trinajstić information content (AvgIpc) is 2.89. The number of amides is 3. The first-order valence-corrected chi connectivity index (χ1v) is 10.3. The number of nitrogens with one attached hydrogen (secondary N) is 1. The maximum Gasteiger partial charge on any atom is 0.250 e. The molecule has 9 heteroatoms. The fraction of sp³-hybridized carbons (Fsp3) is 0.750. The number of likely N-dealkylation sites (N-methyl/N-ethyl adjacent to an activating group) is 1. The highest BCUT2D eigenvalue weighted by molar-refractivity contribution is 5.94. The van der Waals surface area contributed by atoms with Crippen molar-refractivity contribution >= 4 is 17.7 Å². The van der Waals surface area contributed by atoms with E-state index in [0.29, 0.717) is 57.0 Å². The van der Waals surface area contributed by atoms with Crippen LogP contribution in [0.5, 0.6) is 0 Å². The molecule has 0 bridgehead atoms. The number of nitrogens with two attached hydrogens (primary N) is 1. The lowest BCUT2D eigenvalue weighted by Gasteiger charge is -2.33. The van der Waals surface area contributed by atoms with Crippen molar-refractivity contribution in [2.24, 2.45) is 11.7 Å². The van der Waals surface area contributed by atoms with Crippen LogP contribution in [0.2, 0.25) is 0 Å². The van der Waals surface area contributed by atoms with E-state index >= 15 is 0 Å². The third-order valence-corrected chi connectivity index (χ3v) is 6.13. The zero-order valence-corrected chi connectivity index (χ0v) is 17.4. The van der Waals surface area contributed by atoms with Crippen molar-refractivity contribution in [2.75, 3.05) is 53.0 Å². The molecule has 3 rings (SSSR count). The van der Waals surface area contributed by atoms with Gasteiger partial charge < -0.3 is 30.3 Å². The van der Waals surface area contributed by atoms with Crippen molar-refractivity contribution in [1.29, 1.82) is 0 Å². The summed E-state index contributed by atoms with van der Waals surface area (Å²) in [5.41, 5.74) is 5.30. The second-order valence-electron chi connectivity index (χ2n) is 8.21. The molecule has 0 saturated carbocycles. The van der Waals surface area contributed by atoms with Gasteiger partial charge in [0.05, 0.1) is 25.3 Å². The van der Waals surface area contributed by atoms with Crippen molar-refractivity contribution < 1.29 is 23.9 Å². The maximum absolute atomic E-state index is 12.9. The topological polar surface area (TPSA) is 114 Å². The van der Waals surface area contributed by atoms with E-state index in [2.05, 4.69) is 10.2 Å². The minimum Gasteiger partial charge on any atom is -0.487 e. The fourth-order valence-corrected chi connectivity index (χ4v) is 4.40. The Morgan fingerprint density at radius 2 is 1.97 bits per heavy atom. The Balaban J connectivity index is 1.53. The van der Waals surface area contributed by atoms with Gasteiger partial charge in [0.15, 0.2) is 5.60 Å². The first-order chi connectivity index (χ1) is 13.8. The lowest BCUT2D eigenvalue weighted by atomic mass is 9.95. The van der Waals surface area contributed by atoms with Gasteiger partial charge in [-0.05, 0) is 32.9 Å². The van der Waals surface area contributed by atoms with Gasteiger partial charge >= 0.3 is 0 Å². The first-order valence-electron chi connectivity index (χ1n) is 10.3. The largest absolute Gasteiger partial charge is 0.487 e. The molecule has 3 heterocycles. The smallest absolute Gasteiger partial charge is 0.250 e. The number of allylic oxidation sites excluding steroid dienone is 1. The SMILES string of the molecule is CNC(=O)C1=C(C)O[C@@]2(COCCN(C(=O)CCN3CCC(C(N)=O)CC3)C2)C1. The van der Waals surface area contributed by atoms with Gasteiger partial charge in [0, 0.05) is 38.9 Å². The van der Waals surface area contributed by atoms with Crippen LogP contribution in [0.25, 0.3) is 0 Å². The molecule has 162 valence electrons. The van der Waals surface area contributed by atoms with Crippen LogP contribution in [-0.2, 0) is 23.9 Å². The molecule has 0 aromatic rings. The minimum atomic E-state index is -0.697. The van der Waals surface area contributed by atoms with Gasteiger partial charge in [0.25, 0.3) is 0 Å². The maximum atomic E-state index is 12.9. The van der Waals surface area contributed by atoms with Crippen molar-refractivity contribution in [3.63, 3.8) is 0 Å². The normalized spacial score (nSPS) is 26.3. The van der Waals surface area contributed by atoms with Gasteiger partial charge in [-0.3, -0.25) is 14.4 Å². The number of primary amides is 1. The van der Waals surface area contributed by atoms with E-state index in [1.807, 2.05) is 0 Å². The highest BCUT2D eigenvalue weighted by Gasteiger charge is 2.45. The summed E-state index contributed by atoms with van der Waals surface area (Å²) in [6.07, 6.45) is 2.35. The van der Waals surface area contributed by atoms with Crippen molar-refractivity contribution in [3.8, 4) is 0 Å². The third kappa shape index (κ3) is 5.08. The summed E-state index contributed by atoms with van der Waals surface area (Å²) in [4.78, 5) is 40.3. The molecule has 3 aliphatic rings. The van der Waals surface area contributed by atoms with Crippen LogP contribution in [0.4, 0.5) is 0 Å². The Morgan fingerprint density at radius 3 is 2.62 bits per heavy atom. The molecule has 0 aromatic heterocycles. The molecule has 9 nitrogen and oxygen atoms in total. The van der Waals surface area contributed by atoms with Crippen LogP contribution < -0.4 is 11.1 Å². The van der Waals surface area contributed by atoms with Crippen LogP contribution in [0, 0.1) is 5.92 Å². The highest BCUT2D eigenvalue weighted by atomic mass is 16.6. The number of carbonyl (C=O) groups is 3. The lowest BCUT2D eigenvalue weighted by molar-refractivity contribution is -0.134. The molecule has 0 radical (unpaired) electrons. The van der Waals surface area contributed by atoms with E-state index in [1.165, 1.54) is 0 Å². The van der Waals surface area contributed by atoms with Crippen LogP contribution in [-0.4, -0.2) is 86.1 Å². The third-order valence-electron chi connectivity index (χ3n) is 6.13. The van der Waals surface area contributed by atoms with Crippen molar-refractivity contribution in [1.82, 2.24) is 15.1 Å². The fourth-order valence-electron chi connectivity index (χ4n) is 4.40. The van der Waals surface area contributed by atoms with Gasteiger partial charge in [0.1, 0.15) is 5.76 Å². The molecule has 0 unspecified atom stereocenters. The Kier molecular flexibility index (Phi) is 6.79. The van der Waals surface area contributed by atoms with Gasteiger partial charge in [-0.1, -0.05) is 0 Å². The zero-order chi connectivity index (χ0) is 21.0. The van der Waals surface area contributed by atoms with Crippen LogP contribution in [0.3, 0.4) is 0 Å². The standard InChI is InChI=1S/C20H32N4O5/c1-14-16(19(27)22-2)11-20(29-14)12-24(9-10-28-13-20)17(25)5-8-23-6-3-15(4-7-23)18(21)26/h15H,3-13H2,1-2H3,(H2,21,26)(H,22,27)/t20-/m0/s1. The van der Waals surface area contributed by atoms with Gasteiger partial charge in [-0.2, -0.15) is 0 Å². The lowest BCUT2D eigenvalue weighted by Crippen LogP contribution is -2.47. The van der Waals surface area contributed by atoms with E-state index in [1.54, 1.807) is 18.9 Å². The predicted molar refractivity (Wildman–Crippen MR) is 106 cm³/mol. The summed E-state index contributed by atoms with van der Waals surface area (Å²) in [5.74, 6) is 0.225. The molecule has 3 aliphatic heterocycles. The summed E-state index contributed by atoms with van der Waals surface area (Å²) in [6, 6.07) is 0. The Hall–Kier alpha value is -2.13. The minimum absolute atomic E-state index is 0.0469. The predicted octanol–water partition coefficient (Wildman–Crippen LogP) is -0.388. The summed E-state index contributed by atoms with van der Waals surface area (Å²) < 4.78 is 11.8.